The van der Waals surface area contributed by atoms with Crippen molar-refractivity contribution >= 4 is 16.9 Å². The molecular formula is C15H18N4. The predicted octanol–water partition coefficient (Wildman–Crippen LogP) is 1.91. The maximum atomic E-state index is 4.76. The molecule has 0 unspecified atom stereocenters. The van der Waals surface area contributed by atoms with Crippen LogP contribution in [0.15, 0.2) is 30.5 Å². The summed E-state index contributed by atoms with van der Waals surface area (Å²) in [5.74, 6) is 1.03. The zero-order valence-electron chi connectivity index (χ0n) is 11.0. The minimum absolute atomic E-state index is 0.724. The summed E-state index contributed by atoms with van der Waals surface area (Å²) in [5, 5.41) is 0. The molecule has 1 aromatic carbocycles. The average molecular weight is 254 g/mol. The molecule has 2 aliphatic heterocycles. The molecular weight excluding hydrogens is 236 g/mol. The van der Waals surface area contributed by atoms with E-state index in [1.807, 2.05) is 30.5 Å². The summed E-state index contributed by atoms with van der Waals surface area (Å²) >= 11 is 0. The Labute approximate surface area is 113 Å². The van der Waals surface area contributed by atoms with E-state index in [-0.39, 0.29) is 0 Å². The van der Waals surface area contributed by atoms with E-state index in [0.717, 1.165) is 36.0 Å². The molecule has 0 amide bonds. The third kappa shape index (κ3) is 1.96. The van der Waals surface area contributed by atoms with Gasteiger partial charge >= 0.3 is 0 Å². The summed E-state index contributed by atoms with van der Waals surface area (Å²) in [7, 11) is 0. The zero-order chi connectivity index (χ0) is 12.7. The van der Waals surface area contributed by atoms with Gasteiger partial charge in [-0.1, -0.05) is 12.1 Å². The SMILES string of the molecule is c1ccc2nc(N3CCN4CCC[C@H]4C3)cnc2c1. The molecule has 98 valence electrons. The second-order valence-corrected chi connectivity index (χ2v) is 5.49. The molecule has 19 heavy (non-hydrogen) atoms. The van der Waals surface area contributed by atoms with Crippen molar-refractivity contribution in [3.63, 3.8) is 0 Å². The Balaban J connectivity index is 1.63. The Bertz CT molecular complexity index is 597. The standard InChI is InChI=1S/C15H18N4/c1-2-6-14-13(5-1)16-10-15(17-14)19-9-8-18-7-3-4-12(18)11-19/h1-2,5-6,10,12H,3-4,7-9,11H2/t12-/m0/s1. The van der Waals surface area contributed by atoms with Gasteiger partial charge in [-0.15, -0.1) is 0 Å². The van der Waals surface area contributed by atoms with Crippen LogP contribution >= 0.6 is 0 Å². The van der Waals surface area contributed by atoms with Crippen LogP contribution in [-0.2, 0) is 0 Å². The highest BCUT2D eigenvalue weighted by Gasteiger charge is 2.31. The van der Waals surface area contributed by atoms with E-state index in [9.17, 15) is 0 Å². The van der Waals surface area contributed by atoms with Gasteiger partial charge < -0.3 is 4.90 Å². The molecule has 0 spiro atoms. The first-order valence-electron chi connectivity index (χ1n) is 7.11. The highest BCUT2D eigenvalue weighted by atomic mass is 15.3. The molecule has 0 bridgehead atoms. The third-order valence-electron chi connectivity index (χ3n) is 4.35. The summed E-state index contributed by atoms with van der Waals surface area (Å²) in [6.45, 7) is 4.62. The highest BCUT2D eigenvalue weighted by molar-refractivity contribution is 5.75. The van der Waals surface area contributed by atoms with E-state index >= 15 is 0 Å². The minimum Gasteiger partial charge on any atom is -0.352 e. The van der Waals surface area contributed by atoms with E-state index in [2.05, 4.69) is 14.8 Å². The van der Waals surface area contributed by atoms with Gasteiger partial charge in [0, 0.05) is 25.7 Å². The lowest BCUT2D eigenvalue weighted by Gasteiger charge is -2.38. The topological polar surface area (TPSA) is 32.3 Å². The molecule has 1 aromatic heterocycles. The van der Waals surface area contributed by atoms with E-state index in [4.69, 9.17) is 4.98 Å². The average Bonchev–Trinajstić information content (AvgIpc) is 2.94. The molecule has 1 atom stereocenters. The minimum atomic E-state index is 0.724. The van der Waals surface area contributed by atoms with Crippen LogP contribution in [0.4, 0.5) is 5.82 Å². The van der Waals surface area contributed by atoms with Crippen molar-refractivity contribution in [1.29, 1.82) is 0 Å². The number of benzene rings is 1. The van der Waals surface area contributed by atoms with Crippen LogP contribution < -0.4 is 4.90 Å². The van der Waals surface area contributed by atoms with E-state index in [1.54, 1.807) is 0 Å². The number of piperazine rings is 1. The quantitative estimate of drug-likeness (QED) is 0.778. The Morgan fingerprint density at radius 3 is 2.89 bits per heavy atom. The lowest BCUT2D eigenvalue weighted by molar-refractivity contribution is 0.230. The molecule has 4 nitrogen and oxygen atoms in total. The molecule has 0 N–H and O–H groups in total. The van der Waals surface area contributed by atoms with Crippen LogP contribution in [0.25, 0.3) is 11.0 Å². The second kappa shape index (κ2) is 4.46. The lowest BCUT2D eigenvalue weighted by Crippen LogP contribution is -2.50. The number of aromatic nitrogens is 2. The van der Waals surface area contributed by atoms with Gasteiger partial charge in [0.05, 0.1) is 17.2 Å². The van der Waals surface area contributed by atoms with Crippen molar-refractivity contribution in [2.24, 2.45) is 0 Å². The highest BCUT2D eigenvalue weighted by Crippen LogP contribution is 2.24. The molecule has 0 radical (unpaired) electrons. The normalized spacial score (nSPS) is 23.8. The van der Waals surface area contributed by atoms with Crippen LogP contribution in [0.1, 0.15) is 12.8 Å². The molecule has 0 saturated carbocycles. The van der Waals surface area contributed by atoms with Crippen LogP contribution in [0.3, 0.4) is 0 Å². The maximum absolute atomic E-state index is 4.76. The van der Waals surface area contributed by atoms with Crippen molar-refractivity contribution in [1.82, 2.24) is 14.9 Å². The van der Waals surface area contributed by atoms with Crippen molar-refractivity contribution in [2.75, 3.05) is 31.1 Å². The lowest BCUT2D eigenvalue weighted by atomic mass is 10.1. The summed E-state index contributed by atoms with van der Waals surface area (Å²) in [5.41, 5.74) is 1.97. The Morgan fingerprint density at radius 1 is 1.05 bits per heavy atom. The van der Waals surface area contributed by atoms with Gasteiger partial charge in [-0.05, 0) is 31.5 Å². The Morgan fingerprint density at radius 2 is 1.95 bits per heavy atom. The molecule has 4 heteroatoms. The number of hydrogen-bond donors (Lipinski definition) is 0. The van der Waals surface area contributed by atoms with Gasteiger partial charge in [-0.2, -0.15) is 0 Å². The van der Waals surface area contributed by atoms with Crippen molar-refractivity contribution in [2.45, 2.75) is 18.9 Å². The fraction of sp³-hybridized carbons (Fsp3) is 0.467. The van der Waals surface area contributed by atoms with E-state index < -0.39 is 0 Å². The number of nitrogens with zero attached hydrogens (tertiary/aromatic N) is 4. The van der Waals surface area contributed by atoms with Crippen LogP contribution in [0.5, 0.6) is 0 Å². The number of fused-ring (bicyclic) bond motifs is 2. The Hall–Kier alpha value is -1.68. The first-order valence-corrected chi connectivity index (χ1v) is 7.11. The van der Waals surface area contributed by atoms with Gasteiger partial charge in [0.25, 0.3) is 0 Å². The number of para-hydroxylation sites is 2. The van der Waals surface area contributed by atoms with Crippen LogP contribution in [-0.4, -0.2) is 47.1 Å². The number of anilines is 1. The van der Waals surface area contributed by atoms with Gasteiger partial charge in [0.1, 0.15) is 5.82 Å². The summed E-state index contributed by atoms with van der Waals surface area (Å²) in [4.78, 5) is 14.3. The van der Waals surface area contributed by atoms with Crippen molar-refractivity contribution in [3.05, 3.63) is 30.5 Å². The van der Waals surface area contributed by atoms with E-state index in [0.29, 0.717) is 0 Å². The summed E-state index contributed by atoms with van der Waals surface area (Å²) in [6.07, 6.45) is 4.60. The van der Waals surface area contributed by atoms with Crippen LogP contribution in [0.2, 0.25) is 0 Å². The zero-order valence-corrected chi connectivity index (χ0v) is 11.0. The fourth-order valence-electron chi connectivity index (χ4n) is 3.30. The summed E-state index contributed by atoms with van der Waals surface area (Å²) in [6, 6.07) is 8.81. The smallest absolute Gasteiger partial charge is 0.147 e. The molecule has 2 saturated heterocycles. The monoisotopic (exact) mass is 254 g/mol. The molecule has 2 aromatic rings. The van der Waals surface area contributed by atoms with Gasteiger partial charge in [0.15, 0.2) is 0 Å². The second-order valence-electron chi connectivity index (χ2n) is 5.49. The fourth-order valence-corrected chi connectivity index (χ4v) is 3.30. The molecule has 4 rings (SSSR count). The van der Waals surface area contributed by atoms with Crippen molar-refractivity contribution < 1.29 is 0 Å². The predicted molar refractivity (Wildman–Crippen MR) is 76.3 cm³/mol. The number of hydrogen-bond acceptors (Lipinski definition) is 4. The van der Waals surface area contributed by atoms with Gasteiger partial charge in [0.2, 0.25) is 0 Å². The third-order valence-corrected chi connectivity index (χ3v) is 4.35. The first kappa shape index (κ1) is 11.2. The van der Waals surface area contributed by atoms with Gasteiger partial charge in [-0.25, -0.2) is 4.98 Å². The van der Waals surface area contributed by atoms with Crippen molar-refractivity contribution in [3.8, 4) is 0 Å². The Kier molecular flexibility index (Phi) is 2.62. The molecule has 2 aliphatic rings. The molecule has 3 heterocycles. The van der Waals surface area contributed by atoms with Gasteiger partial charge in [-0.3, -0.25) is 9.88 Å². The molecule has 0 aliphatic carbocycles. The van der Waals surface area contributed by atoms with Crippen LogP contribution in [0, 0.1) is 0 Å². The van der Waals surface area contributed by atoms with E-state index in [1.165, 1.54) is 25.9 Å². The molecule has 2 fully saturated rings. The maximum Gasteiger partial charge on any atom is 0.147 e. The summed E-state index contributed by atoms with van der Waals surface area (Å²) < 4.78 is 0. The number of rotatable bonds is 1. The first-order chi connectivity index (χ1) is 9.40. The largest absolute Gasteiger partial charge is 0.352 e.